The van der Waals surface area contributed by atoms with Crippen LogP contribution >= 0.6 is 0 Å². The summed E-state index contributed by atoms with van der Waals surface area (Å²) in [4.78, 5) is 23.3. The van der Waals surface area contributed by atoms with E-state index in [0.29, 0.717) is 24.5 Å². The summed E-state index contributed by atoms with van der Waals surface area (Å²) in [6, 6.07) is 4.27. The molecule has 2 N–H and O–H groups in total. The Bertz CT molecular complexity index is 501. The summed E-state index contributed by atoms with van der Waals surface area (Å²) >= 11 is 0. The number of Topliss-reactive ketones (excluding diaryl/α,β-unsaturated/α-hetero) is 1. The van der Waals surface area contributed by atoms with Crippen molar-refractivity contribution < 1.29 is 24.2 Å². The monoisotopic (exact) mass is 295 g/mol. The Labute approximate surface area is 124 Å². The molecular formula is C15H21NO5. The minimum absolute atomic E-state index is 0.251. The molecule has 0 aliphatic heterocycles. The minimum atomic E-state index is -1.02. The van der Waals surface area contributed by atoms with Gasteiger partial charge in [0.1, 0.15) is 5.75 Å². The zero-order valence-electron chi connectivity index (χ0n) is 12.5. The molecule has 0 fully saturated rings. The highest BCUT2D eigenvalue weighted by Crippen LogP contribution is 2.19. The van der Waals surface area contributed by atoms with Gasteiger partial charge in [0, 0.05) is 19.2 Å². The Balaban J connectivity index is 2.87. The van der Waals surface area contributed by atoms with Gasteiger partial charge >= 0.3 is 5.97 Å². The van der Waals surface area contributed by atoms with E-state index in [2.05, 4.69) is 5.32 Å². The van der Waals surface area contributed by atoms with Crippen molar-refractivity contribution in [3.8, 4) is 5.75 Å². The zero-order valence-corrected chi connectivity index (χ0v) is 12.5. The SMILES string of the molecule is COCCNC(CC(=O)O)C(=O)c1ccc(OC)c(C)c1. The van der Waals surface area contributed by atoms with Gasteiger partial charge in [-0.15, -0.1) is 0 Å². The minimum Gasteiger partial charge on any atom is -0.496 e. The lowest BCUT2D eigenvalue weighted by Crippen LogP contribution is -2.40. The van der Waals surface area contributed by atoms with Crippen molar-refractivity contribution in [1.29, 1.82) is 0 Å². The van der Waals surface area contributed by atoms with Crippen molar-refractivity contribution in [3.63, 3.8) is 0 Å². The summed E-state index contributed by atoms with van der Waals surface area (Å²) in [5, 5.41) is 11.8. The largest absolute Gasteiger partial charge is 0.496 e. The van der Waals surface area contributed by atoms with E-state index in [1.54, 1.807) is 32.4 Å². The maximum atomic E-state index is 12.4. The third-order valence-electron chi connectivity index (χ3n) is 3.07. The number of benzene rings is 1. The fraction of sp³-hybridized carbons (Fsp3) is 0.467. The van der Waals surface area contributed by atoms with E-state index >= 15 is 0 Å². The van der Waals surface area contributed by atoms with Gasteiger partial charge in [-0.3, -0.25) is 9.59 Å². The molecule has 0 aliphatic rings. The van der Waals surface area contributed by atoms with Gasteiger partial charge in [0.15, 0.2) is 5.78 Å². The van der Waals surface area contributed by atoms with E-state index in [4.69, 9.17) is 14.6 Å². The van der Waals surface area contributed by atoms with Crippen LogP contribution in [-0.4, -0.2) is 50.3 Å². The number of ether oxygens (including phenoxy) is 2. The molecule has 0 spiro atoms. The summed E-state index contributed by atoms with van der Waals surface area (Å²) in [6.07, 6.45) is -0.270. The number of carbonyl (C=O) groups excluding carboxylic acids is 1. The number of rotatable bonds is 9. The van der Waals surface area contributed by atoms with Crippen molar-refractivity contribution >= 4 is 11.8 Å². The van der Waals surface area contributed by atoms with E-state index < -0.39 is 12.0 Å². The molecule has 0 aliphatic carbocycles. The highest BCUT2D eigenvalue weighted by molar-refractivity contribution is 6.02. The summed E-state index contributed by atoms with van der Waals surface area (Å²) in [7, 11) is 3.10. The number of ketones is 1. The number of hydrogen-bond acceptors (Lipinski definition) is 5. The smallest absolute Gasteiger partial charge is 0.305 e. The third-order valence-corrected chi connectivity index (χ3v) is 3.07. The molecule has 1 unspecified atom stereocenters. The number of nitrogens with one attached hydrogen (secondary N) is 1. The highest BCUT2D eigenvalue weighted by atomic mass is 16.5. The van der Waals surface area contributed by atoms with Crippen LogP contribution in [-0.2, 0) is 9.53 Å². The molecule has 0 radical (unpaired) electrons. The van der Waals surface area contributed by atoms with Crippen molar-refractivity contribution in [1.82, 2.24) is 5.32 Å². The molecule has 116 valence electrons. The average molecular weight is 295 g/mol. The molecular weight excluding hydrogens is 274 g/mol. The zero-order chi connectivity index (χ0) is 15.8. The van der Waals surface area contributed by atoms with Crippen LogP contribution in [0.15, 0.2) is 18.2 Å². The standard InChI is InChI=1S/C15H21NO5/c1-10-8-11(4-5-13(10)21-3)15(19)12(9-14(17)18)16-6-7-20-2/h4-5,8,12,16H,6-7,9H2,1-3H3,(H,17,18). The van der Waals surface area contributed by atoms with E-state index in [1.165, 1.54) is 0 Å². The fourth-order valence-electron chi connectivity index (χ4n) is 2.00. The van der Waals surface area contributed by atoms with Crippen LogP contribution in [0.1, 0.15) is 22.3 Å². The molecule has 0 bridgehead atoms. The molecule has 1 atom stereocenters. The van der Waals surface area contributed by atoms with Crippen LogP contribution in [0.3, 0.4) is 0 Å². The predicted molar refractivity (Wildman–Crippen MR) is 78.0 cm³/mol. The van der Waals surface area contributed by atoms with Crippen molar-refractivity contribution in [3.05, 3.63) is 29.3 Å². The summed E-state index contributed by atoms with van der Waals surface area (Å²) in [5.74, 6) is -0.587. The molecule has 21 heavy (non-hydrogen) atoms. The lowest BCUT2D eigenvalue weighted by Gasteiger charge is -2.16. The maximum Gasteiger partial charge on any atom is 0.305 e. The summed E-state index contributed by atoms with van der Waals surface area (Å²) < 4.78 is 10.0. The van der Waals surface area contributed by atoms with E-state index in [9.17, 15) is 9.59 Å². The summed E-state index contributed by atoms with van der Waals surface area (Å²) in [6.45, 7) is 2.65. The van der Waals surface area contributed by atoms with E-state index in [1.807, 2.05) is 6.92 Å². The van der Waals surface area contributed by atoms with Crippen molar-refractivity contribution in [2.75, 3.05) is 27.4 Å². The molecule has 1 rings (SSSR count). The van der Waals surface area contributed by atoms with Gasteiger partial charge in [-0.05, 0) is 30.7 Å². The van der Waals surface area contributed by atoms with Crippen LogP contribution in [0.4, 0.5) is 0 Å². The molecule has 0 saturated carbocycles. The predicted octanol–water partition coefficient (Wildman–Crippen LogP) is 1.27. The second-order valence-corrected chi connectivity index (χ2v) is 4.65. The third kappa shape index (κ3) is 5.17. The van der Waals surface area contributed by atoms with Gasteiger partial charge < -0.3 is 19.9 Å². The normalized spacial score (nSPS) is 12.0. The number of carboxylic acids is 1. The van der Waals surface area contributed by atoms with E-state index in [-0.39, 0.29) is 12.2 Å². The Morgan fingerprint density at radius 3 is 2.57 bits per heavy atom. The molecule has 1 aromatic carbocycles. The maximum absolute atomic E-state index is 12.4. The second kappa shape index (κ2) is 8.39. The number of methoxy groups -OCH3 is 2. The lowest BCUT2D eigenvalue weighted by molar-refractivity contribution is -0.137. The van der Waals surface area contributed by atoms with Gasteiger partial charge in [0.25, 0.3) is 0 Å². The molecule has 6 nitrogen and oxygen atoms in total. The molecule has 0 saturated heterocycles. The lowest BCUT2D eigenvalue weighted by atomic mass is 9.99. The summed E-state index contributed by atoms with van der Waals surface area (Å²) in [5.41, 5.74) is 1.29. The quantitative estimate of drug-likeness (QED) is 0.527. The first-order valence-corrected chi connectivity index (χ1v) is 6.62. The van der Waals surface area contributed by atoms with Crippen molar-refractivity contribution in [2.45, 2.75) is 19.4 Å². The van der Waals surface area contributed by atoms with Gasteiger partial charge in [-0.2, -0.15) is 0 Å². The van der Waals surface area contributed by atoms with Crippen LogP contribution in [0.5, 0.6) is 5.75 Å². The van der Waals surface area contributed by atoms with Crippen LogP contribution in [0.25, 0.3) is 0 Å². The van der Waals surface area contributed by atoms with Crippen LogP contribution in [0, 0.1) is 6.92 Å². The molecule has 0 amide bonds. The van der Waals surface area contributed by atoms with Crippen molar-refractivity contribution in [2.24, 2.45) is 0 Å². The Morgan fingerprint density at radius 2 is 2.05 bits per heavy atom. The Morgan fingerprint density at radius 1 is 1.33 bits per heavy atom. The number of hydrogen-bond donors (Lipinski definition) is 2. The highest BCUT2D eigenvalue weighted by Gasteiger charge is 2.22. The van der Waals surface area contributed by atoms with Crippen LogP contribution < -0.4 is 10.1 Å². The van der Waals surface area contributed by atoms with Gasteiger partial charge in [-0.1, -0.05) is 0 Å². The first-order chi connectivity index (χ1) is 9.99. The number of carboxylic acid groups (broad SMARTS) is 1. The first-order valence-electron chi connectivity index (χ1n) is 6.62. The van der Waals surface area contributed by atoms with Gasteiger partial charge in [0.05, 0.1) is 26.2 Å². The number of aryl methyl sites for hydroxylation is 1. The Hall–Kier alpha value is -1.92. The second-order valence-electron chi connectivity index (χ2n) is 4.65. The molecule has 6 heteroatoms. The molecule has 0 heterocycles. The number of carbonyl (C=O) groups is 2. The van der Waals surface area contributed by atoms with E-state index in [0.717, 1.165) is 5.56 Å². The average Bonchev–Trinajstić information content (AvgIpc) is 2.45. The van der Waals surface area contributed by atoms with Gasteiger partial charge in [0.2, 0.25) is 0 Å². The molecule has 0 aromatic heterocycles. The molecule has 1 aromatic rings. The van der Waals surface area contributed by atoms with Gasteiger partial charge in [-0.25, -0.2) is 0 Å². The van der Waals surface area contributed by atoms with Crippen LogP contribution in [0.2, 0.25) is 0 Å². The first kappa shape index (κ1) is 17.1. The fourth-order valence-corrected chi connectivity index (χ4v) is 2.00. The Kier molecular flexibility index (Phi) is 6.84. The topological polar surface area (TPSA) is 84.9 Å². The number of aliphatic carboxylic acids is 1.